The van der Waals surface area contributed by atoms with E-state index in [0.717, 1.165) is 22.6 Å². The number of aromatic amines is 1. The highest BCUT2D eigenvalue weighted by atomic mass is 32.1. The molecule has 0 aliphatic rings. The molecule has 0 saturated carbocycles. The molecule has 0 bridgehead atoms. The molecular weight excluding hydrogens is 268 g/mol. The molecule has 19 heavy (non-hydrogen) atoms. The Morgan fingerprint density at radius 3 is 2.47 bits per heavy atom. The van der Waals surface area contributed by atoms with Crippen LogP contribution in [0, 0.1) is 0 Å². The third-order valence-corrected chi connectivity index (χ3v) is 3.16. The lowest BCUT2D eigenvalue weighted by atomic mass is 10.3. The highest BCUT2D eigenvalue weighted by molar-refractivity contribution is 7.07. The maximum absolute atomic E-state index is 11.0. The number of H-pyrrole nitrogens is 1. The Labute approximate surface area is 113 Å². The summed E-state index contributed by atoms with van der Waals surface area (Å²) in [5.74, 6) is 0.941. The van der Waals surface area contributed by atoms with Gasteiger partial charge in [-0.1, -0.05) is 11.3 Å². The molecule has 0 aliphatic carbocycles. The Hall–Kier alpha value is -1.93. The lowest BCUT2D eigenvalue weighted by molar-refractivity contribution is 0.359. The van der Waals surface area contributed by atoms with E-state index >= 15 is 0 Å². The predicted octanol–water partition coefficient (Wildman–Crippen LogP) is 0.533. The molecule has 2 aromatic rings. The van der Waals surface area contributed by atoms with E-state index in [1.807, 2.05) is 0 Å². The first-order valence-corrected chi connectivity index (χ1v) is 6.41. The average molecular weight is 282 g/mol. The number of rotatable bonds is 6. The van der Waals surface area contributed by atoms with Crippen LogP contribution in [0.4, 0.5) is 0 Å². The Morgan fingerprint density at radius 1 is 1.26 bits per heavy atom. The third-order valence-electron chi connectivity index (χ3n) is 2.44. The average Bonchev–Trinajstić information content (AvgIpc) is 2.84. The van der Waals surface area contributed by atoms with Crippen LogP contribution >= 0.6 is 11.3 Å². The van der Waals surface area contributed by atoms with Gasteiger partial charge in [-0.25, -0.2) is 9.97 Å². The van der Waals surface area contributed by atoms with Crippen molar-refractivity contribution in [3.63, 3.8) is 0 Å². The van der Waals surface area contributed by atoms with Crippen LogP contribution in [-0.4, -0.2) is 29.2 Å². The molecule has 2 heterocycles. The molecule has 0 amide bonds. The van der Waals surface area contributed by atoms with Gasteiger partial charge in [0.2, 0.25) is 11.8 Å². The highest BCUT2D eigenvalue weighted by Crippen LogP contribution is 2.22. The summed E-state index contributed by atoms with van der Waals surface area (Å²) in [6, 6.07) is 0. The van der Waals surface area contributed by atoms with Gasteiger partial charge in [0, 0.05) is 24.2 Å². The van der Waals surface area contributed by atoms with Gasteiger partial charge in [0.1, 0.15) is 6.33 Å². The minimum Gasteiger partial charge on any atom is -0.481 e. The summed E-state index contributed by atoms with van der Waals surface area (Å²) in [6.45, 7) is 1.02. The van der Waals surface area contributed by atoms with Gasteiger partial charge in [-0.05, 0) is 0 Å². The van der Waals surface area contributed by atoms with Crippen molar-refractivity contribution in [1.29, 1.82) is 0 Å². The van der Waals surface area contributed by atoms with Crippen molar-refractivity contribution in [3.05, 3.63) is 32.6 Å². The molecule has 2 rings (SSSR count). The zero-order chi connectivity index (χ0) is 13.7. The van der Waals surface area contributed by atoms with Crippen LogP contribution in [0.2, 0.25) is 0 Å². The number of hydrogen-bond donors (Lipinski definition) is 2. The maximum atomic E-state index is 11.0. The molecule has 0 aliphatic heterocycles. The van der Waals surface area contributed by atoms with Gasteiger partial charge < -0.3 is 19.8 Å². The van der Waals surface area contributed by atoms with Crippen LogP contribution in [0.1, 0.15) is 11.3 Å². The first kappa shape index (κ1) is 13.5. The molecule has 7 nitrogen and oxygen atoms in total. The van der Waals surface area contributed by atoms with Crippen LogP contribution in [-0.2, 0) is 13.1 Å². The fraction of sp³-hybridized carbons (Fsp3) is 0.364. The Balaban J connectivity index is 2.04. The lowest BCUT2D eigenvalue weighted by Crippen LogP contribution is -2.16. The standard InChI is InChI=1S/C11H14N4O3S/c1-17-9-8(10(18-2)14-6-13-9)4-12-3-7-5-19-11(16)15-7/h5-6,12H,3-4H2,1-2H3,(H,15,16). The van der Waals surface area contributed by atoms with Crippen molar-refractivity contribution < 1.29 is 9.47 Å². The first-order valence-electron chi connectivity index (χ1n) is 5.54. The van der Waals surface area contributed by atoms with Gasteiger partial charge in [-0.15, -0.1) is 0 Å². The highest BCUT2D eigenvalue weighted by Gasteiger charge is 2.12. The molecular formula is C11H14N4O3S. The monoisotopic (exact) mass is 282 g/mol. The molecule has 2 N–H and O–H groups in total. The fourth-order valence-corrected chi connectivity index (χ4v) is 2.19. The Kier molecular flexibility index (Phi) is 4.48. The van der Waals surface area contributed by atoms with Crippen molar-refractivity contribution in [1.82, 2.24) is 20.3 Å². The number of aromatic nitrogens is 3. The molecule has 0 saturated heterocycles. The number of nitrogens with zero attached hydrogens (tertiary/aromatic N) is 2. The fourth-order valence-electron chi connectivity index (χ4n) is 1.61. The Bertz CT molecular complexity index is 573. The molecule has 0 radical (unpaired) electrons. The first-order chi connectivity index (χ1) is 9.24. The number of methoxy groups -OCH3 is 2. The smallest absolute Gasteiger partial charge is 0.304 e. The number of ether oxygens (including phenoxy) is 2. The molecule has 102 valence electrons. The normalized spacial score (nSPS) is 10.4. The van der Waals surface area contributed by atoms with Crippen LogP contribution in [0.25, 0.3) is 0 Å². The van der Waals surface area contributed by atoms with E-state index in [1.54, 1.807) is 19.6 Å². The molecule has 0 unspecified atom stereocenters. The topological polar surface area (TPSA) is 89.1 Å². The second kappa shape index (κ2) is 6.30. The van der Waals surface area contributed by atoms with Gasteiger partial charge in [0.25, 0.3) is 0 Å². The molecule has 2 aromatic heterocycles. The molecule has 0 spiro atoms. The second-order valence-electron chi connectivity index (χ2n) is 3.65. The van der Waals surface area contributed by atoms with Gasteiger partial charge in [0.05, 0.1) is 19.8 Å². The molecule has 8 heteroatoms. The minimum atomic E-state index is -0.0602. The van der Waals surface area contributed by atoms with Crippen molar-refractivity contribution in [2.24, 2.45) is 0 Å². The van der Waals surface area contributed by atoms with Crippen LogP contribution in [0.5, 0.6) is 11.8 Å². The molecule has 0 atom stereocenters. The van der Waals surface area contributed by atoms with Gasteiger partial charge in [-0.3, -0.25) is 4.79 Å². The molecule has 0 aromatic carbocycles. The zero-order valence-electron chi connectivity index (χ0n) is 10.6. The van der Waals surface area contributed by atoms with E-state index in [-0.39, 0.29) is 4.87 Å². The lowest BCUT2D eigenvalue weighted by Gasteiger charge is -2.11. The summed E-state index contributed by atoms with van der Waals surface area (Å²) in [5.41, 5.74) is 1.58. The van der Waals surface area contributed by atoms with Crippen LogP contribution < -0.4 is 19.7 Å². The number of thiazole rings is 1. The van der Waals surface area contributed by atoms with E-state index in [9.17, 15) is 4.79 Å². The number of nitrogens with one attached hydrogen (secondary N) is 2. The molecule has 0 fully saturated rings. The zero-order valence-corrected chi connectivity index (χ0v) is 11.4. The quantitative estimate of drug-likeness (QED) is 0.803. The maximum Gasteiger partial charge on any atom is 0.304 e. The van der Waals surface area contributed by atoms with E-state index in [4.69, 9.17) is 9.47 Å². The summed E-state index contributed by atoms with van der Waals surface area (Å²) >= 11 is 1.14. The Morgan fingerprint density at radius 2 is 1.95 bits per heavy atom. The largest absolute Gasteiger partial charge is 0.481 e. The van der Waals surface area contributed by atoms with Crippen LogP contribution in [0.3, 0.4) is 0 Å². The van der Waals surface area contributed by atoms with Crippen molar-refractivity contribution in [2.45, 2.75) is 13.1 Å². The van der Waals surface area contributed by atoms with E-state index < -0.39 is 0 Å². The van der Waals surface area contributed by atoms with Crippen molar-refractivity contribution in [3.8, 4) is 11.8 Å². The van der Waals surface area contributed by atoms with Crippen molar-refractivity contribution >= 4 is 11.3 Å². The minimum absolute atomic E-state index is 0.0602. The second-order valence-corrected chi connectivity index (χ2v) is 4.49. The number of hydrogen-bond acceptors (Lipinski definition) is 7. The van der Waals surface area contributed by atoms with Gasteiger partial charge in [0.15, 0.2) is 0 Å². The van der Waals surface area contributed by atoms with Crippen LogP contribution in [0.15, 0.2) is 16.5 Å². The summed E-state index contributed by atoms with van der Waals surface area (Å²) in [7, 11) is 3.09. The summed E-state index contributed by atoms with van der Waals surface area (Å²) in [5, 5.41) is 4.96. The van der Waals surface area contributed by atoms with E-state index in [2.05, 4.69) is 20.3 Å². The third kappa shape index (κ3) is 3.30. The predicted molar refractivity (Wildman–Crippen MR) is 70.6 cm³/mol. The van der Waals surface area contributed by atoms with E-state index in [0.29, 0.717) is 24.8 Å². The summed E-state index contributed by atoms with van der Waals surface area (Å²) in [6.07, 6.45) is 1.39. The van der Waals surface area contributed by atoms with E-state index in [1.165, 1.54) is 6.33 Å². The summed E-state index contributed by atoms with van der Waals surface area (Å²) in [4.78, 5) is 21.7. The summed E-state index contributed by atoms with van der Waals surface area (Å²) < 4.78 is 10.3. The van der Waals surface area contributed by atoms with Gasteiger partial charge in [-0.2, -0.15) is 0 Å². The SMILES string of the molecule is COc1ncnc(OC)c1CNCc1csc(=O)[nH]1. The van der Waals surface area contributed by atoms with Crippen molar-refractivity contribution in [2.75, 3.05) is 14.2 Å². The van der Waals surface area contributed by atoms with Gasteiger partial charge >= 0.3 is 4.87 Å².